The highest BCUT2D eigenvalue weighted by Gasteiger charge is 2.22. The monoisotopic (exact) mass is 460 g/mol. The summed E-state index contributed by atoms with van der Waals surface area (Å²) >= 11 is 0. The van der Waals surface area contributed by atoms with Gasteiger partial charge in [0.25, 0.3) is 8.37 Å². The SMILES string of the molecule is c1ccc(-c2ccn(P(n3ccc(-c4ccccc4)n3)n3ccc(-c4ccccc4)n3)n2)cc1. The minimum atomic E-state index is -1.24. The molecule has 6 aromatic rings. The zero-order chi connectivity index (χ0) is 22.7. The van der Waals surface area contributed by atoms with Crippen LogP contribution in [0.25, 0.3) is 33.8 Å². The summed E-state index contributed by atoms with van der Waals surface area (Å²) < 4.78 is 5.88. The Hall–Kier alpha value is -4.28. The summed E-state index contributed by atoms with van der Waals surface area (Å²) in [6, 6.07) is 36.7. The maximum absolute atomic E-state index is 4.92. The lowest BCUT2D eigenvalue weighted by Crippen LogP contribution is -2.11. The van der Waals surface area contributed by atoms with E-state index in [0.717, 1.165) is 33.8 Å². The lowest BCUT2D eigenvalue weighted by Gasteiger charge is -2.17. The molecule has 7 heteroatoms. The highest BCUT2D eigenvalue weighted by atomic mass is 31.1. The van der Waals surface area contributed by atoms with Crippen LogP contribution in [0.15, 0.2) is 128 Å². The molecular formula is C27H21N6P. The van der Waals surface area contributed by atoms with Gasteiger partial charge >= 0.3 is 0 Å². The van der Waals surface area contributed by atoms with Gasteiger partial charge in [0, 0.05) is 35.3 Å². The number of benzene rings is 3. The molecule has 0 fully saturated rings. The van der Waals surface area contributed by atoms with Crippen LogP contribution in [0.2, 0.25) is 0 Å². The minimum Gasteiger partial charge on any atom is -0.209 e. The van der Waals surface area contributed by atoms with Crippen molar-refractivity contribution in [3.8, 4) is 33.8 Å². The van der Waals surface area contributed by atoms with Crippen LogP contribution in [0.5, 0.6) is 0 Å². The van der Waals surface area contributed by atoms with Crippen molar-refractivity contribution in [1.29, 1.82) is 0 Å². The Balaban J connectivity index is 1.43. The standard InChI is InChI=1S/C27H21N6P/c1-4-10-22(11-5-1)25-16-19-31(28-25)34(32-20-17-26(29-32)23-12-6-2-7-13-23)33-21-18-27(30-33)24-14-8-3-9-15-24/h1-21H. The predicted octanol–water partition coefficient (Wildman–Crippen LogP) is 6.45. The fraction of sp³-hybridized carbons (Fsp3) is 0. The quantitative estimate of drug-likeness (QED) is 0.269. The van der Waals surface area contributed by atoms with Gasteiger partial charge in [0.15, 0.2) is 0 Å². The van der Waals surface area contributed by atoms with Crippen LogP contribution in [0.3, 0.4) is 0 Å². The highest BCUT2D eigenvalue weighted by molar-refractivity contribution is 7.52. The average molecular weight is 460 g/mol. The molecule has 164 valence electrons. The first kappa shape index (κ1) is 20.3. The van der Waals surface area contributed by atoms with Crippen LogP contribution in [-0.2, 0) is 0 Å². The summed E-state index contributed by atoms with van der Waals surface area (Å²) in [5, 5.41) is 14.8. The molecule has 3 heterocycles. The Morgan fingerprint density at radius 2 is 0.676 bits per heavy atom. The van der Waals surface area contributed by atoms with Gasteiger partial charge in [-0.05, 0) is 18.2 Å². The lowest BCUT2D eigenvalue weighted by molar-refractivity contribution is 0.841. The molecule has 34 heavy (non-hydrogen) atoms. The van der Waals surface area contributed by atoms with Gasteiger partial charge in [-0.1, -0.05) is 91.0 Å². The molecule has 3 aromatic carbocycles. The van der Waals surface area contributed by atoms with Crippen LogP contribution in [0.1, 0.15) is 0 Å². The maximum Gasteiger partial charge on any atom is 0.271 e. The summed E-state index contributed by atoms with van der Waals surface area (Å²) in [4.78, 5) is 0. The topological polar surface area (TPSA) is 53.5 Å². The van der Waals surface area contributed by atoms with Crippen LogP contribution in [0, 0.1) is 0 Å². The fourth-order valence-electron chi connectivity index (χ4n) is 3.81. The molecule has 3 aromatic heterocycles. The number of rotatable bonds is 6. The van der Waals surface area contributed by atoms with Crippen molar-refractivity contribution in [2.75, 3.05) is 0 Å². The Kier molecular flexibility index (Phi) is 5.34. The van der Waals surface area contributed by atoms with Crippen molar-refractivity contribution in [2.45, 2.75) is 0 Å². The smallest absolute Gasteiger partial charge is 0.209 e. The molecule has 0 amide bonds. The second-order valence-corrected chi connectivity index (χ2v) is 9.50. The van der Waals surface area contributed by atoms with E-state index in [1.165, 1.54) is 0 Å². The first-order valence-corrected chi connectivity index (χ1v) is 12.2. The van der Waals surface area contributed by atoms with Crippen molar-refractivity contribution < 1.29 is 0 Å². The molecule has 6 nitrogen and oxygen atoms in total. The summed E-state index contributed by atoms with van der Waals surface area (Å²) in [5.74, 6) is 0. The normalized spacial score (nSPS) is 11.2. The van der Waals surface area contributed by atoms with Gasteiger partial charge in [0.1, 0.15) is 0 Å². The van der Waals surface area contributed by atoms with E-state index in [9.17, 15) is 0 Å². The molecule has 0 radical (unpaired) electrons. The first-order valence-electron chi connectivity index (χ1n) is 11.0. The van der Waals surface area contributed by atoms with E-state index < -0.39 is 8.37 Å². The summed E-state index contributed by atoms with van der Waals surface area (Å²) in [6.07, 6.45) is 6.01. The Morgan fingerprint density at radius 1 is 0.382 bits per heavy atom. The summed E-state index contributed by atoms with van der Waals surface area (Å²) in [6.45, 7) is 0. The molecule has 0 saturated heterocycles. The molecule has 0 bridgehead atoms. The van der Waals surface area contributed by atoms with Crippen molar-refractivity contribution in [3.63, 3.8) is 0 Å². The Labute approximate surface area is 198 Å². The van der Waals surface area contributed by atoms with Gasteiger partial charge in [-0.2, -0.15) is 15.3 Å². The Bertz CT molecular complexity index is 1320. The van der Waals surface area contributed by atoms with E-state index in [4.69, 9.17) is 15.3 Å². The highest BCUT2D eigenvalue weighted by Crippen LogP contribution is 2.41. The maximum atomic E-state index is 4.92. The predicted molar refractivity (Wildman–Crippen MR) is 136 cm³/mol. The van der Waals surface area contributed by atoms with Crippen LogP contribution in [0.4, 0.5) is 0 Å². The van der Waals surface area contributed by atoms with E-state index in [-0.39, 0.29) is 0 Å². The van der Waals surface area contributed by atoms with Gasteiger partial charge < -0.3 is 0 Å². The first-order chi connectivity index (χ1) is 16.8. The molecular weight excluding hydrogens is 439 g/mol. The zero-order valence-corrected chi connectivity index (χ0v) is 19.1. The number of aromatic nitrogens is 6. The Morgan fingerprint density at radius 3 is 0.971 bits per heavy atom. The van der Waals surface area contributed by atoms with Crippen molar-refractivity contribution in [2.24, 2.45) is 0 Å². The van der Waals surface area contributed by atoms with Gasteiger partial charge in [0.05, 0.1) is 17.1 Å². The van der Waals surface area contributed by atoms with Gasteiger partial charge in [-0.15, -0.1) is 0 Å². The van der Waals surface area contributed by atoms with E-state index in [0.29, 0.717) is 0 Å². The molecule has 0 atom stereocenters. The van der Waals surface area contributed by atoms with Crippen LogP contribution >= 0.6 is 8.37 Å². The molecule has 0 N–H and O–H groups in total. The molecule has 0 unspecified atom stereocenters. The largest absolute Gasteiger partial charge is 0.271 e. The summed E-state index contributed by atoms with van der Waals surface area (Å²) in [5.41, 5.74) is 5.98. The van der Waals surface area contributed by atoms with Gasteiger partial charge in [0.2, 0.25) is 0 Å². The molecule has 0 aliphatic heterocycles. The number of nitrogens with zero attached hydrogens (tertiary/aromatic N) is 6. The van der Waals surface area contributed by atoms with Gasteiger partial charge in [-0.3, -0.25) is 0 Å². The van der Waals surface area contributed by atoms with E-state index in [1.54, 1.807) is 0 Å². The minimum absolute atomic E-state index is 0.916. The molecule has 6 rings (SSSR count). The van der Waals surface area contributed by atoms with Gasteiger partial charge in [-0.25, -0.2) is 13.4 Å². The zero-order valence-electron chi connectivity index (χ0n) is 18.3. The van der Waals surface area contributed by atoms with Crippen molar-refractivity contribution >= 4 is 8.37 Å². The van der Waals surface area contributed by atoms with E-state index in [2.05, 4.69) is 36.4 Å². The fourth-order valence-corrected chi connectivity index (χ4v) is 5.46. The summed E-state index contributed by atoms with van der Waals surface area (Å²) in [7, 11) is -1.24. The second kappa shape index (κ2) is 8.93. The van der Waals surface area contributed by atoms with E-state index in [1.807, 2.05) is 105 Å². The van der Waals surface area contributed by atoms with Crippen molar-refractivity contribution in [3.05, 3.63) is 128 Å². The molecule has 0 saturated carbocycles. The molecule has 0 spiro atoms. The second-order valence-electron chi connectivity index (χ2n) is 7.73. The van der Waals surface area contributed by atoms with Crippen molar-refractivity contribution in [1.82, 2.24) is 28.7 Å². The molecule has 0 aliphatic rings. The number of hydrogen-bond donors (Lipinski definition) is 0. The third kappa shape index (κ3) is 3.96. The average Bonchev–Trinajstić information content (AvgIpc) is 3.68. The van der Waals surface area contributed by atoms with Crippen LogP contribution < -0.4 is 0 Å². The van der Waals surface area contributed by atoms with E-state index >= 15 is 0 Å². The molecule has 0 aliphatic carbocycles. The third-order valence-electron chi connectivity index (χ3n) is 5.49. The lowest BCUT2D eigenvalue weighted by atomic mass is 10.2. The number of hydrogen-bond acceptors (Lipinski definition) is 3. The third-order valence-corrected chi connectivity index (χ3v) is 7.25. The van der Waals surface area contributed by atoms with Crippen LogP contribution in [-0.4, -0.2) is 28.7 Å².